The monoisotopic (exact) mass is 586 g/mol. The molecule has 4 rings (SSSR count). The smallest absolute Gasteiger partial charge is 0.119 e. The Kier molecular flexibility index (Phi) is 14.1. The van der Waals surface area contributed by atoms with Crippen LogP contribution in [-0.4, -0.2) is 19.4 Å². The van der Waals surface area contributed by atoms with Gasteiger partial charge in [-0.05, 0) is 109 Å². The summed E-state index contributed by atoms with van der Waals surface area (Å²) in [7, 11) is 0. The van der Waals surface area contributed by atoms with Gasteiger partial charge in [0.25, 0.3) is 0 Å². The molecule has 0 atom stereocenters. The summed E-state index contributed by atoms with van der Waals surface area (Å²) in [6.07, 6.45) is 15.2. The number of hydrogen-bond donors (Lipinski definition) is 0. The molecule has 0 heterocycles. The van der Waals surface area contributed by atoms with Crippen LogP contribution in [0.15, 0.2) is 102 Å². The van der Waals surface area contributed by atoms with Gasteiger partial charge < -0.3 is 9.47 Å². The molecule has 228 valence electrons. The van der Waals surface area contributed by atoms with Gasteiger partial charge in [-0.1, -0.05) is 88.3 Å². The second kappa shape index (κ2) is 19.0. The van der Waals surface area contributed by atoms with Gasteiger partial charge in [-0.15, -0.1) is 0 Å². The van der Waals surface area contributed by atoms with Crippen molar-refractivity contribution < 1.29 is 9.47 Å². The third-order valence-corrected chi connectivity index (χ3v) is 7.78. The Balaban J connectivity index is 1.01. The van der Waals surface area contributed by atoms with Crippen LogP contribution in [0.1, 0.15) is 87.8 Å². The summed E-state index contributed by atoms with van der Waals surface area (Å²) in [5, 5.41) is 8.95. The second-order valence-corrected chi connectivity index (χ2v) is 11.3. The molecule has 0 spiro atoms. The van der Waals surface area contributed by atoms with Gasteiger partial charge in [0.1, 0.15) is 11.5 Å². The van der Waals surface area contributed by atoms with Crippen LogP contribution >= 0.6 is 0 Å². The Morgan fingerprint density at radius 3 is 1.68 bits per heavy atom. The Bertz CT molecular complexity index is 1420. The summed E-state index contributed by atoms with van der Waals surface area (Å²) >= 11 is 0. The average Bonchev–Trinajstić information content (AvgIpc) is 3.08. The summed E-state index contributed by atoms with van der Waals surface area (Å²) in [5.74, 6) is 1.81. The number of nitrogens with zero attached hydrogens (tertiary/aromatic N) is 2. The molecule has 0 saturated carbocycles. The van der Waals surface area contributed by atoms with E-state index in [-0.39, 0.29) is 0 Å². The largest absolute Gasteiger partial charge is 0.494 e. The van der Waals surface area contributed by atoms with E-state index in [4.69, 9.17) is 14.7 Å². The molecule has 0 aliphatic carbocycles. The Labute approximate surface area is 264 Å². The van der Waals surface area contributed by atoms with Crippen molar-refractivity contribution in [3.63, 3.8) is 0 Å². The Morgan fingerprint density at radius 1 is 0.591 bits per heavy atom. The average molecular weight is 587 g/mol. The molecule has 4 heteroatoms. The predicted octanol–water partition coefficient (Wildman–Crippen LogP) is 10.9. The number of benzene rings is 4. The van der Waals surface area contributed by atoms with E-state index in [9.17, 15) is 0 Å². The van der Waals surface area contributed by atoms with E-state index in [1.807, 2.05) is 54.7 Å². The zero-order valence-corrected chi connectivity index (χ0v) is 26.2. The highest BCUT2D eigenvalue weighted by Gasteiger charge is 2.01. The molecular formula is C40H46N2O2. The molecule has 0 bridgehead atoms. The molecule has 0 fully saturated rings. The van der Waals surface area contributed by atoms with Crippen molar-refractivity contribution in [2.75, 3.05) is 13.2 Å². The number of rotatable bonds is 19. The van der Waals surface area contributed by atoms with E-state index in [0.717, 1.165) is 66.4 Å². The number of hydrogen-bond acceptors (Lipinski definition) is 4. The number of unbranched alkanes of at least 4 members (excludes halogenated alkanes) is 8. The highest BCUT2D eigenvalue weighted by Crippen LogP contribution is 2.23. The summed E-state index contributed by atoms with van der Waals surface area (Å²) in [4.78, 5) is 4.63. The Hall–Kier alpha value is -4.36. The molecule has 0 aliphatic rings. The fourth-order valence-corrected chi connectivity index (χ4v) is 5.08. The highest BCUT2D eigenvalue weighted by molar-refractivity contribution is 5.82. The van der Waals surface area contributed by atoms with Crippen LogP contribution in [0.4, 0.5) is 5.69 Å². The maximum absolute atomic E-state index is 8.95. The van der Waals surface area contributed by atoms with Crippen LogP contribution in [0, 0.1) is 11.3 Å². The minimum absolute atomic E-state index is 0.676. The second-order valence-electron chi connectivity index (χ2n) is 11.3. The summed E-state index contributed by atoms with van der Waals surface area (Å²) < 4.78 is 11.9. The van der Waals surface area contributed by atoms with Gasteiger partial charge in [-0.25, -0.2) is 0 Å². The first-order valence-electron chi connectivity index (χ1n) is 16.3. The molecule has 0 amide bonds. The molecule has 0 unspecified atom stereocenters. The van der Waals surface area contributed by atoms with Crippen molar-refractivity contribution in [3.8, 4) is 28.7 Å². The molecule has 0 N–H and O–H groups in total. The third-order valence-electron chi connectivity index (χ3n) is 7.78. The molecule has 0 saturated heterocycles. The van der Waals surface area contributed by atoms with Gasteiger partial charge in [0.15, 0.2) is 0 Å². The Morgan fingerprint density at radius 2 is 1.11 bits per heavy atom. The summed E-state index contributed by atoms with van der Waals surface area (Å²) in [5.41, 5.74) is 6.36. The lowest BCUT2D eigenvalue weighted by molar-refractivity contribution is 0.297. The van der Waals surface area contributed by atoms with Gasteiger partial charge in [0, 0.05) is 6.21 Å². The predicted molar refractivity (Wildman–Crippen MR) is 183 cm³/mol. The van der Waals surface area contributed by atoms with Gasteiger partial charge in [-0.2, -0.15) is 5.26 Å². The highest BCUT2D eigenvalue weighted by atomic mass is 16.5. The molecule has 4 aromatic carbocycles. The minimum atomic E-state index is 0.676. The normalized spacial score (nSPS) is 11.0. The van der Waals surface area contributed by atoms with Gasteiger partial charge in [-0.3, -0.25) is 4.99 Å². The topological polar surface area (TPSA) is 54.6 Å². The van der Waals surface area contributed by atoms with Crippen molar-refractivity contribution in [3.05, 3.63) is 114 Å². The van der Waals surface area contributed by atoms with Crippen LogP contribution in [0.25, 0.3) is 11.1 Å². The molecule has 4 nitrogen and oxygen atoms in total. The van der Waals surface area contributed by atoms with E-state index in [1.165, 1.54) is 56.9 Å². The van der Waals surface area contributed by atoms with E-state index in [1.54, 1.807) is 0 Å². The van der Waals surface area contributed by atoms with Gasteiger partial charge >= 0.3 is 0 Å². The zero-order valence-electron chi connectivity index (χ0n) is 26.2. The first-order chi connectivity index (χ1) is 21.7. The quantitative estimate of drug-likeness (QED) is 0.0811. The first kappa shape index (κ1) is 32.6. The number of nitriles is 1. The van der Waals surface area contributed by atoms with E-state index in [0.29, 0.717) is 5.56 Å². The molecule has 44 heavy (non-hydrogen) atoms. The maximum atomic E-state index is 8.95. The first-order valence-corrected chi connectivity index (χ1v) is 16.3. The van der Waals surface area contributed by atoms with E-state index in [2.05, 4.69) is 66.5 Å². The van der Waals surface area contributed by atoms with Crippen molar-refractivity contribution >= 4 is 11.9 Å². The lowest BCUT2D eigenvalue weighted by Crippen LogP contribution is -1.98. The SMILES string of the molecule is CCCCCCc1ccc(N=Cc2ccc(OCCCCCCCCOc3ccc(-c4ccc(C#N)cc4)cc3)cc2)cc1. The third kappa shape index (κ3) is 11.7. The van der Waals surface area contributed by atoms with E-state index >= 15 is 0 Å². The van der Waals surface area contributed by atoms with Crippen LogP contribution in [0.2, 0.25) is 0 Å². The van der Waals surface area contributed by atoms with Crippen LogP contribution < -0.4 is 9.47 Å². The van der Waals surface area contributed by atoms with Gasteiger partial charge in [0.05, 0.1) is 30.5 Å². The lowest BCUT2D eigenvalue weighted by Gasteiger charge is -2.08. The number of aliphatic imine (C=N–C) groups is 1. The molecular weight excluding hydrogens is 540 g/mol. The molecule has 4 aromatic rings. The van der Waals surface area contributed by atoms with Crippen molar-refractivity contribution in [2.24, 2.45) is 4.99 Å². The summed E-state index contributed by atoms with van der Waals surface area (Å²) in [6.45, 7) is 3.74. The van der Waals surface area contributed by atoms with Crippen molar-refractivity contribution in [1.29, 1.82) is 5.26 Å². The molecule has 0 radical (unpaired) electrons. The van der Waals surface area contributed by atoms with Gasteiger partial charge in [0.2, 0.25) is 0 Å². The number of aryl methyl sites for hydroxylation is 1. The van der Waals surface area contributed by atoms with E-state index < -0.39 is 0 Å². The molecule has 0 aromatic heterocycles. The fourth-order valence-electron chi connectivity index (χ4n) is 5.08. The molecule has 0 aliphatic heterocycles. The van der Waals surface area contributed by atoms with Crippen LogP contribution in [-0.2, 0) is 6.42 Å². The maximum Gasteiger partial charge on any atom is 0.119 e. The van der Waals surface area contributed by atoms with Crippen molar-refractivity contribution in [1.82, 2.24) is 0 Å². The minimum Gasteiger partial charge on any atom is -0.494 e. The van der Waals surface area contributed by atoms with Crippen LogP contribution in [0.5, 0.6) is 11.5 Å². The fraction of sp³-hybridized carbons (Fsp3) is 0.350. The lowest BCUT2D eigenvalue weighted by atomic mass is 10.0. The zero-order chi connectivity index (χ0) is 30.7. The summed E-state index contributed by atoms with van der Waals surface area (Å²) in [6, 6.07) is 34.8. The van der Waals surface area contributed by atoms with Crippen molar-refractivity contribution in [2.45, 2.75) is 77.6 Å². The van der Waals surface area contributed by atoms with Crippen LogP contribution in [0.3, 0.4) is 0 Å². The number of ether oxygens (including phenoxy) is 2. The standard InChI is InChI=1S/C40H46N2O2/c1-2-3-4-9-12-33-15-23-38(24-16-33)42-32-35-17-25-39(26-18-35)43-29-10-7-5-6-8-11-30-44-40-27-21-37(22-28-40)36-19-13-34(31-41)14-20-36/h13-28,32H,2-12,29-30H2,1H3.